The molecule has 6 heteroatoms. The van der Waals surface area contributed by atoms with Crippen molar-refractivity contribution in [2.75, 3.05) is 11.4 Å². The molecule has 0 saturated carbocycles. The molecule has 2 aromatic rings. The molecule has 0 N–H and O–H groups in total. The molecule has 0 aliphatic carbocycles. The predicted octanol–water partition coefficient (Wildman–Crippen LogP) is 4.65. The lowest BCUT2D eigenvalue weighted by atomic mass is 10.1. The van der Waals surface area contributed by atoms with Crippen LogP contribution in [0.4, 0.5) is 5.69 Å². The quantitative estimate of drug-likeness (QED) is 0.696. The Balaban J connectivity index is 1.65. The smallest absolute Gasteiger partial charge is 0.311 e. The van der Waals surface area contributed by atoms with E-state index in [0.29, 0.717) is 22.2 Å². The van der Waals surface area contributed by atoms with Crippen molar-refractivity contribution in [2.24, 2.45) is 5.92 Å². The van der Waals surface area contributed by atoms with Gasteiger partial charge < -0.3 is 9.64 Å². The van der Waals surface area contributed by atoms with Gasteiger partial charge in [-0.15, -0.1) is 0 Å². The average molecular weight is 392 g/mol. The highest BCUT2D eigenvalue weighted by molar-refractivity contribution is 6.35. The Bertz CT molecular complexity index is 838. The van der Waals surface area contributed by atoms with Gasteiger partial charge in [0, 0.05) is 34.3 Å². The summed E-state index contributed by atoms with van der Waals surface area (Å²) < 4.78 is 5.38. The topological polar surface area (TPSA) is 46.6 Å². The van der Waals surface area contributed by atoms with Crippen molar-refractivity contribution >= 4 is 40.8 Å². The molecule has 1 amide bonds. The Morgan fingerprint density at radius 1 is 1.19 bits per heavy atom. The SMILES string of the molecule is CCc1ccccc1N1C[C@@H](C(=O)OCc2ccc(Cl)cc2Cl)CC1=O. The van der Waals surface area contributed by atoms with Crippen LogP contribution < -0.4 is 4.90 Å². The van der Waals surface area contributed by atoms with Gasteiger partial charge in [-0.3, -0.25) is 9.59 Å². The number of hydrogen-bond donors (Lipinski definition) is 0. The lowest BCUT2D eigenvalue weighted by molar-refractivity contribution is -0.149. The fourth-order valence-electron chi connectivity index (χ4n) is 3.08. The summed E-state index contributed by atoms with van der Waals surface area (Å²) in [6, 6.07) is 12.8. The van der Waals surface area contributed by atoms with E-state index in [0.717, 1.165) is 17.7 Å². The van der Waals surface area contributed by atoms with Crippen LogP contribution in [-0.2, 0) is 27.4 Å². The van der Waals surface area contributed by atoms with E-state index in [9.17, 15) is 9.59 Å². The highest BCUT2D eigenvalue weighted by Gasteiger charge is 2.36. The average Bonchev–Trinajstić information content (AvgIpc) is 3.02. The molecule has 3 rings (SSSR count). The number of ether oxygens (including phenoxy) is 1. The summed E-state index contributed by atoms with van der Waals surface area (Å²) in [5.74, 6) is -0.920. The van der Waals surface area contributed by atoms with E-state index in [1.807, 2.05) is 31.2 Å². The minimum atomic E-state index is -0.474. The fraction of sp³-hybridized carbons (Fsp3) is 0.300. The van der Waals surface area contributed by atoms with Crippen LogP contribution in [0.1, 0.15) is 24.5 Å². The van der Waals surface area contributed by atoms with Crippen molar-refractivity contribution in [3.63, 3.8) is 0 Å². The minimum Gasteiger partial charge on any atom is -0.460 e. The van der Waals surface area contributed by atoms with Gasteiger partial charge in [0.1, 0.15) is 6.61 Å². The summed E-state index contributed by atoms with van der Waals surface area (Å²) in [7, 11) is 0. The normalized spacial score (nSPS) is 16.8. The van der Waals surface area contributed by atoms with Gasteiger partial charge >= 0.3 is 5.97 Å². The third-order valence-corrected chi connectivity index (χ3v) is 5.09. The number of halogens is 2. The maximum Gasteiger partial charge on any atom is 0.311 e. The molecule has 1 aliphatic heterocycles. The lowest BCUT2D eigenvalue weighted by Gasteiger charge is -2.19. The van der Waals surface area contributed by atoms with Gasteiger partial charge in [0.05, 0.1) is 5.92 Å². The predicted molar refractivity (Wildman–Crippen MR) is 103 cm³/mol. The van der Waals surface area contributed by atoms with E-state index in [4.69, 9.17) is 27.9 Å². The Labute approximate surface area is 162 Å². The van der Waals surface area contributed by atoms with Crippen LogP contribution in [0.5, 0.6) is 0 Å². The summed E-state index contributed by atoms with van der Waals surface area (Å²) in [4.78, 5) is 26.5. The second-order valence-corrected chi connectivity index (χ2v) is 7.07. The zero-order valence-corrected chi connectivity index (χ0v) is 15.9. The highest BCUT2D eigenvalue weighted by Crippen LogP contribution is 2.29. The zero-order valence-electron chi connectivity index (χ0n) is 14.4. The Morgan fingerprint density at radius 2 is 1.96 bits per heavy atom. The van der Waals surface area contributed by atoms with Gasteiger partial charge in [-0.25, -0.2) is 0 Å². The van der Waals surface area contributed by atoms with Crippen molar-refractivity contribution in [2.45, 2.75) is 26.4 Å². The summed E-state index contributed by atoms with van der Waals surface area (Å²) in [6.07, 6.45) is 0.982. The van der Waals surface area contributed by atoms with E-state index in [2.05, 4.69) is 0 Å². The number of carbonyl (C=O) groups excluding carboxylic acids is 2. The van der Waals surface area contributed by atoms with Crippen molar-refractivity contribution in [1.82, 2.24) is 0 Å². The third kappa shape index (κ3) is 4.02. The monoisotopic (exact) mass is 391 g/mol. The molecule has 4 nitrogen and oxygen atoms in total. The molecular weight excluding hydrogens is 373 g/mol. The number of amides is 1. The number of hydrogen-bond acceptors (Lipinski definition) is 3. The third-order valence-electron chi connectivity index (χ3n) is 4.51. The van der Waals surface area contributed by atoms with Crippen molar-refractivity contribution in [1.29, 1.82) is 0 Å². The molecule has 0 unspecified atom stereocenters. The van der Waals surface area contributed by atoms with Gasteiger partial charge in [0.25, 0.3) is 0 Å². The molecule has 0 spiro atoms. The first-order valence-corrected chi connectivity index (χ1v) is 9.24. The molecule has 1 saturated heterocycles. The number of carbonyl (C=O) groups is 2. The number of rotatable bonds is 5. The molecular formula is C20H19Cl2NO3. The molecule has 0 bridgehead atoms. The first kappa shape index (κ1) is 18.7. The number of benzene rings is 2. The molecule has 0 radical (unpaired) electrons. The molecule has 26 heavy (non-hydrogen) atoms. The van der Waals surface area contributed by atoms with Crippen LogP contribution in [0.2, 0.25) is 10.0 Å². The van der Waals surface area contributed by atoms with Crippen molar-refractivity contribution < 1.29 is 14.3 Å². The largest absolute Gasteiger partial charge is 0.460 e. The number of nitrogens with zero attached hydrogens (tertiary/aromatic N) is 1. The summed E-state index contributed by atoms with van der Waals surface area (Å²) in [6.45, 7) is 2.44. The fourth-order valence-corrected chi connectivity index (χ4v) is 3.54. The Kier molecular flexibility index (Phi) is 5.84. The maximum absolute atomic E-state index is 12.4. The van der Waals surface area contributed by atoms with E-state index in [-0.39, 0.29) is 24.9 Å². The highest BCUT2D eigenvalue weighted by atomic mass is 35.5. The second-order valence-electron chi connectivity index (χ2n) is 6.23. The van der Waals surface area contributed by atoms with Crippen molar-refractivity contribution in [3.8, 4) is 0 Å². The van der Waals surface area contributed by atoms with Crippen LogP contribution in [0.25, 0.3) is 0 Å². The minimum absolute atomic E-state index is 0.0580. The van der Waals surface area contributed by atoms with Crippen LogP contribution in [0.3, 0.4) is 0 Å². The summed E-state index contributed by atoms with van der Waals surface area (Å²) in [5.41, 5.74) is 2.64. The van der Waals surface area contributed by atoms with Gasteiger partial charge in [-0.1, -0.05) is 54.4 Å². The van der Waals surface area contributed by atoms with E-state index >= 15 is 0 Å². The second kappa shape index (κ2) is 8.11. The van der Waals surface area contributed by atoms with Gasteiger partial charge in [-0.05, 0) is 30.2 Å². The molecule has 1 heterocycles. The van der Waals surface area contributed by atoms with Gasteiger partial charge in [0.2, 0.25) is 5.91 Å². The van der Waals surface area contributed by atoms with Crippen LogP contribution in [0.15, 0.2) is 42.5 Å². The number of esters is 1. The standard InChI is InChI=1S/C20H19Cl2NO3/c1-2-13-5-3-4-6-18(13)23-11-15(9-19(23)24)20(25)26-12-14-7-8-16(21)10-17(14)22/h3-8,10,15H,2,9,11-12H2,1H3/t15-/m0/s1. The molecule has 0 aromatic heterocycles. The molecule has 1 fully saturated rings. The van der Waals surface area contributed by atoms with Crippen LogP contribution >= 0.6 is 23.2 Å². The van der Waals surface area contributed by atoms with Crippen molar-refractivity contribution in [3.05, 3.63) is 63.6 Å². The first-order valence-electron chi connectivity index (χ1n) is 8.48. The number of anilines is 1. The van der Waals surface area contributed by atoms with Gasteiger partial charge in [0.15, 0.2) is 0 Å². The molecule has 1 atom stereocenters. The molecule has 2 aromatic carbocycles. The maximum atomic E-state index is 12.4. The van der Waals surface area contributed by atoms with Crippen LogP contribution in [0, 0.1) is 5.92 Å². The summed E-state index contributed by atoms with van der Waals surface area (Å²) >= 11 is 12.0. The van der Waals surface area contributed by atoms with Gasteiger partial charge in [-0.2, -0.15) is 0 Å². The molecule has 1 aliphatic rings. The first-order chi connectivity index (χ1) is 12.5. The lowest BCUT2D eigenvalue weighted by Crippen LogP contribution is -2.27. The molecule has 136 valence electrons. The Morgan fingerprint density at radius 3 is 2.69 bits per heavy atom. The number of para-hydroxylation sites is 1. The van der Waals surface area contributed by atoms with E-state index < -0.39 is 5.92 Å². The van der Waals surface area contributed by atoms with Crippen LogP contribution in [-0.4, -0.2) is 18.4 Å². The Hall–Kier alpha value is -2.04. The zero-order chi connectivity index (χ0) is 18.7. The summed E-state index contributed by atoms with van der Waals surface area (Å²) in [5, 5.41) is 0.975. The van der Waals surface area contributed by atoms with E-state index in [1.165, 1.54) is 0 Å². The van der Waals surface area contributed by atoms with E-state index in [1.54, 1.807) is 23.1 Å². The number of aryl methyl sites for hydroxylation is 1.